The van der Waals surface area contributed by atoms with E-state index in [2.05, 4.69) is 31.6 Å². The molecule has 0 aliphatic carbocycles. The number of benzene rings is 2. The molecule has 156 valence electrons. The van der Waals surface area contributed by atoms with Crippen LogP contribution in [0.1, 0.15) is 43.1 Å². The minimum absolute atomic E-state index is 0.0739. The van der Waals surface area contributed by atoms with Gasteiger partial charge < -0.3 is 14.2 Å². The van der Waals surface area contributed by atoms with E-state index in [4.69, 9.17) is 14.2 Å². The Morgan fingerprint density at radius 1 is 0.897 bits per heavy atom. The van der Waals surface area contributed by atoms with Gasteiger partial charge >= 0.3 is 0 Å². The Labute approximate surface area is 171 Å². The van der Waals surface area contributed by atoms with Gasteiger partial charge in [-0.25, -0.2) is 0 Å². The molecule has 2 N–H and O–H groups in total. The number of hydrogen-bond donors (Lipinski definition) is 2. The Morgan fingerprint density at radius 3 is 2.14 bits per heavy atom. The van der Waals surface area contributed by atoms with Crippen LogP contribution in [0, 0.1) is 0 Å². The molecule has 0 heterocycles. The van der Waals surface area contributed by atoms with Gasteiger partial charge in [-0.15, -0.1) is 0 Å². The third-order valence-corrected chi connectivity index (χ3v) is 4.28. The molecule has 2 aromatic rings. The lowest BCUT2D eigenvalue weighted by Crippen LogP contribution is -2.42. The van der Waals surface area contributed by atoms with Gasteiger partial charge in [0.2, 0.25) is 5.91 Å². The average Bonchev–Trinajstić information content (AvgIpc) is 2.71. The molecule has 2 rings (SSSR count). The predicted octanol–water partition coefficient (Wildman–Crippen LogP) is 3.23. The number of nitrogens with one attached hydrogen (secondary N) is 2. The first-order valence-corrected chi connectivity index (χ1v) is 9.29. The van der Waals surface area contributed by atoms with Crippen LogP contribution in [0.4, 0.5) is 0 Å². The highest BCUT2D eigenvalue weighted by Gasteiger charge is 2.14. The van der Waals surface area contributed by atoms with E-state index in [-0.39, 0.29) is 24.3 Å². The fraction of sp³-hybridized carbons (Fsp3) is 0.364. The van der Waals surface area contributed by atoms with E-state index in [9.17, 15) is 9.59 Å². The fourth-order valence-corrected chi connectivity index (χ4v) is 2.55. The summed E-state index contributed by atoms with van der Waals surface area (Å²) in [7, 11) is 3.00. The number of carbonyl (C=O) groups is 2. The Bertz CT molecular complexity index is 841. The molecular formula is C22H28N2O5. The molecule has 0 aromatic heterocycles. The average molecular weight is 400 g/mol. The molecule has 0 aliphatic rings. The van der Waals surface area contributed by atoms with Crippen molar-refractivity contribution < 1.29 is 23.8 Å². The van der Waals surface area contributed by atoms with Crippen LogP contribution in [0.15, 0.2) is 42.5 Å². The molecule has 2 aromatic carbocycles. The summed E-state index contributed by atoms with van der Waals surface area (Å²) in [5.74, 6) is 0.821. The Kier molecular flexibility index (Phi) is 7.47. The lowest BCUT2D eigenvalue weighted by molar-refractivity contribution is -0.122. The first kappa shape index (κ1) is 22.1. The van der Waals surface area contributed by atoms with E-state index in [0.717, 1.165) is 0 Å². The number of methoxy groups -OCH3 is 2. The first-order chi connectivity index (χ1) is 13.7. The van der Waals surface area contributed by atoms with Crippen LogP contribution < -0.4 is 25.1 Å². The molecule has 0 radical (unpaired) electrons. The van der Waals surface area contributed by atoms with Gasteiger partial charge in [-0.1, -0.05) is 32.9 Å². The smallest absolute Gasteiger partial charge is 0.269 e. The van der Waals surface area contributed by atoms with Crippen LogP contribution in [0.25, 0.3) is 0 Å². The highest BCUT2D eigenvalue weighted by Crippen LogP contribution is 2.27. The fourth-order valence-electron chi connectivity index (χ4n) is 2.55. The Morgan fingerprint density at radius 2 is 1.55 bits per heavy atom. The summed E-state index contributed by atoms with van der Waals surface area (Å²) in [6.45, 7) is 6.63. The van der Waals surface area contributed by atoms with E-state index in [0.29, 0.717) is 22.8 Å². The second-order valence-corrected chi connectivity index (χ2v) is 7.44. The quantitative estimate of drug-likeness (QED) is 0.697. The van der Waals surface area contributed by atoms with E-state index < -0.39 is 5.91 Å². The number of hydrazine groups is 1. The number of rotatable bonds is 7. The normalized spacial score (nSPS) is 10.8. The maximum atomic E-state index is 12.2. The lowest BCUT2D eigenvalue weighted by Gasteiger charge is -2.19. The standard InChI is InChI=1S/C22H28N2O5/c1-22(2,3)16-7-9-17(10-8-16)29-13-12-20(25)23-24-21(26)15-6-11-18(27-4)19(14-15)28-5/h6-11,14H,12-13H2,1-5H3,(H,23,25)(H,24,26). The van der Waals surface area contributed by atoms with E-state index in [1.807, 2.05) is 24.3 Å². The predicted molar refractivity (Wildman–Crippen MR) is 110 cm³/mol. The number of amides is 2. The zero-order valence-electron chi connectivity index (χ0n) is 17.5. The van der Waals surface area contributed by atoms with Crippen molar-refractivity contribution in [3.63, 3.8) is 0 Å². The molecule has 0 spiro atoms. The molecule has 7 nitrogen and oxygen atoms in total. The summed E-state index contributed by atoms with van der Waals surface area (Å²) >= 11 is 0. The van der Waals surface area contributed by atoms with Crippen molar-refractivity contribution in [3.05, 3.63) is 53.6 Å². The molecular weight excluding hydrogens is 372 g/mol. The molecule has 0 saturated carbocycles. The van der Waals surface area contributed by atoms with Crippen molar-refractivity contribution in [2.45, 2.75) is 32.6 Å². The van der Waals surface area contributed by atoms with Crippen LogP contribution in [-0.4, -0.2) is 32.6 Å². The first-order valence-electron chi connectivity index (χ1n) is 9.29. The Balaban J connectivity index is 1.77. The minimum Gasteiger partial charge on any atom is -0.493 e. The topological polar surface area (TPSA) is 85.9 Å². The molecule has 7 heteroatoms. The van der Waals surface area contributed by atoms with Crippen LogP contribution in [-0.2, 0) is 10.2 Å². The number of ether oxygens (including phenoxy) is 3. The molecule has 0 atom stereocenters. The molecule has 0 bridgehead atoms. The third kappa shape index (κ3) is 6.41. The Hall–Kier alpha value is -3.22. The number of hydrogen-bond acceptors (Lipinski definition) is 5. The lowest BCUT2D eigenvalue weighted by atomic mass is 9.87. The van der Waals surface area contributed by atoms with Crippen LogP contribution in [0.5, 0.6) is 17.2 Å². The third-order valence-electron chi connectivity index (χ3n) is 4.28. The van der Waals surface area contributed by atoms with Gasteiger partial charge in [-0.2, -0.15) is 0 Å². The van der Waals surface area contributed by atoms with Gasteiger partial charge in [-0.05, 0) is 41.3 Å². The molecule has 0 saturated heterocycles. The summed E-state index contributed by atoms with van der Waals surface area (Å²) in [5.41, 5.74) is 6.36. The van der Waals surface area contributed by atoms with Crippen molar-refractivity contribution in [1.29, 1.82) is 0 Å². The minimum atomic E-state index is -0.460. The molecule has 29 heavy (non-hydrogen) atoms. The monoisotopic (exact) mass is 400 g/mol. The zero-order valence-corrected chi connectivity index (χ0v) is 17.5. The maximum Gasteiger partial charge on any atom is 0.269 e. The second-order valence-electron chi connectivity index (χ2n) is 7.44. The zero-order chi connectivity index (χ0) is 21.4. The molecule has 0 fully saturated rings. The van der Waals surface area contributed by atoms with Crippen molar-refractivity contribution in [3.8, 4) is 17.2 Å². The highest BCUT2D eigenvalue weighted by atomic mass is 16.5. The van der Waals surface area contributed by atoms with Gasteiger partial charge in [-0.3, -0.25) is 20.4 Å². The van der Waals surface area contributed by atoms with Gasteiger partial charge in [0.15, 0.2) is 11.5 Å². The molecule has 0 aliphatic heterocycles. The second kappa shape index (κ2) is 9.82. The summed E-state index contributed by atoms with van der Waals surface area (Å²) in [6, 6.07) is 12.5. The van der Waals surface area contributed by atoms with Gasteiger partial charge in [0.25, 0.3) is 5.91 Å². The van der Waals surface area contributed by atoms with Crippen LogP contribution >= 0.6 is 0 Å². The van der Waals surface area contributed by atoms with E-state index in [1.54, 1.807) is 12.1 Å². The highest BCUT2D eigenvalue weighted by molar-refractivity contribution is 5.96. The van der Waals surface area contributed by atoms with Crippen molar-refractivity contribution in [2.24, 2.45) is 0 Å². The van der Waals surface area contributed by atoms with Gasteiger partial charge in [0.1, 0.15) is 5.75 Å². The SMILES string of the molecule is COc1ccc(C(=O)NNC(=O)CCOc2ccc(C(C)(C)C)cc2)cc1OC. The summed E-state index contributed by atoms with van der Waals surface area (Å²) in [6.07, 6.45) is 0.104. The molecule has 0 unspecified atom stereocenters. The van der Waals surface area contributed by atoms with Gasteiger partial charge in [0, 0.05) is 5.56 Å². The van der Waals surface area contributed by atoms with Crippen molar-refractivity contribution >= 4 is 11.8 Å². The molecule has 2 amide bonds. The van der Waals surface area contributed by atoms with Crippen LogP contribution in [0.2, 0.25) is 0 Å². The summed E-state index contributed by atoms with van der Waals surface area (Å²) in [4.78, 5) is 24.1. The van der Waals surface area contributed by atoms with E-state index >= 15 is 0 Å². The largest absolute Gasteiger partial charge is 0.493 e. The maximum absolute atomic E-state index is 12.2. The number of carbonyl (C=O) groups excluding carboxylic acids is 2. The van der Waals surface area contributed by atoms with Crippen molar-refractivity contribution in [2.75, 3.05) is 20.8 Å². The summed E-state index contributed by atoms with van der Waals surface area (Å²) in [5, 5.41) is 0. The van der Waals surface area contributed by atoms with Gasteiger partial charge in [0.05, 0.1) is 27.2 Å². The van der Waals surface area contributed by atoms with Crippen LogP contribution in [0.3, 0.4) is 0 Å². The van der Waals surface area contributed by atoms with E-state index in [1.165, 1.54) is 25.8 Å². The van der Waals surface area contributed by atoms with Crippen molar-refractivity contribution in [1.82, 2.24) is 10.9 Å². The summed E-state index contributed by atoms with van der Waals surface area (Å²) < 4.78 is 15.9.